The molecule has 2 atom stereocenters. The lowest BCUT2D eigenvalue weighted by atomic mass is 9.91. The standard InChI is InChI=1S/C22H30N4O3/c1-12(2)10-23-20(27)15(5)26-11-17-18(21(26)28)19(24-22(29)25(17)6)16-8-7-13(3)9-14(16)4/h7-9,12,15,19H,10-11H2,1-6H3,(H,23,27)(H,24,29)/t15-,19+/m1/s1. The molecule has 2 heterocycles. The highest BCUT2D eigenvalue weighted by molar-refractivity contribution is 6.03. The van der Waals surface area contributed by atoms with Gasteiger partial charge in [-0.05, 0) is 37.8 Å². The normalized spacial score (nSPS) is 20.2. The molecule has 2 aliphatic rings. The van der Waals surface area contributed by atoms with Crippen LogP contribution in [0.3, 0.4) is 0 Å². The summed E-state index contributed by atoms with van der Waals surface area (Å²) in [5.41, 5.74) is 4.24. The van der Waals surface area contributed by atoms with E-state index in [1.807, 2.05) is 45.9 Å². The highest BCUT2D eigenvalue weighted by atomic mass is 16.2. The van der Waals surface area contributed by atoms with Crippen molar-refractivity contribution in [2.24, 2.45) is 5.92 Å². The molecule has 3 rings (SSSR count). The van der Waals surface area contributed by atoms with Crippen molar-refractivity contribution in [2.75, 3.05) is 20.1 Å². The number of carbonyl (C=O) groups is 3. The molecule has 0 fully saturated rings. The Kier molecular flexibility index (Phi) is 5.68. The third-order valence-electron chi connectivity index (χ3n) is 5.66. The molecule has 2 aliphatic heterocycles. The zero-order chi connectivity index (χ0) is 21.5. The third kappa shape index (κ3) is 3.86. The van der Waals surface area contributed by atoms with Gasteiger partial charge in [-0.1, -0.05) is 37.6 Å². The predicted molar refractivity (Wildman–Crippen MR) is 111 cm³/mol. The Morgan fingerprint density at radius 2 is 1.93 bits per heavy atom. The van der Waals surface area contributed by atoms with Crippen LogP contribution in [0.2, 0.25) is 0 Å². The van der Waals surface area contributed by atoms with E-state index in [0.717, 1.165) is 16.7 Å². The highest BCUT2D eigenvalue weighted by Gasteiger charge is 2.45. The molecule has 0 aromatic heterocycles. The zero-order valence-corrected chi connectivity index (χ0v) is 18.0. The van der Waals surface area contributed by atoms with Crippen LogP contribution in [0.1, 0.15) is 43.5 Å². The Bertz CT molecular complexity index is 890. The SMILES string of the molecule is Cc1ccc([C@@H]2NC(=O)N(C)C3=C2C(=O)N([C@H](C)C(=O)NCC(C)C)C3)c(C)c1. The summed E-state index contributed by atoms with van der Waals surface area (Å²) in [6.07, 6.45) is 0. The smallest absolute Gasteiger partial charge is 0.322 e. The van der Waals surface area contributed by atoms with Crippen LogP contribution in [0.25, 0.3) is 0 Å². The van der Waals surface area contributed by atoms with Gasteiger partial charge in [0.25, 0.3) is 5.91 Å². The molecule has 4 amide bonds. The van der Waals surface area contributed by atoms with Gasteiger partial charge in [0.1, 0.15) is 6.04 Å². The number of amides is 4. The average molecular weight is 399 g/mol. The van der Waals surface area contributed by atoms with Gasteiger partial charge in [0, 0.05) is 13.6 Å². The van der Waals surface area contributed by atoms with Gasteiger partial charge in [-0.2, -0.15) is 0 Å². The fraction of sp³-hybridized carbons (Fsp3) is 0.500. The van der Waals surface area contributed by atoms with E-state index in [1.165, 1.54) is 4.90 Å². The van der Waals surface area contributed by atoms with E-state index in [9.17, 15) is 14.4 Å². The Morgan fingerprint density at radius 1 is 1.24 bits per heavy atom. The van der Waals surface area contributed by atoms with Crippen LogP contribution in [-0.4, -0.2) is 53.8 Å². The van der Waals surface area contributed by atoms with Gasteiger partial charge in [-0.15, -0.1) is 0 Å². The molecule has 0 saturated carbocycles. The number of aryl methyl sites for hydroxylation is 2. The Labute approximate surface area is 172 Å². The fourth-order valence-electron chi connectivity index (χ4n) is 3.88. The minimum Gasteiger partial charge on any atom is -0.354 e. The first kappa shape index (κ1) is 20.9. The molecular formula is C22H30N4O3. The Morgan fingerprint density at radius 3 is 2.55 bits per heavy atom. The van der Waals surface area contributed by atoms with E-state index in [4.69, 9.17) is 0 Å². The van der Waals surface area contributed by atoms with Gasteiger partial charge >= 0.3 is 6.03 Å². The van der Waals surface area contributed by atoms with Crippen LogP contribution in [0, 0.1) is 19.8 Å². The minimum atomic E-state index is -0.616. The molecule has 7 heteroatoms. The van der Waals surface area contributed by atoms with Crippen molar-refractivity contribution in [1.82, 2.24) is 20.4 Å². The number of benzene rings is 1. The molecular weight excluding hydrogens is 368 g/mol. The molecule has 0 unspecified atom stereocenters. The van der Waals surface area contributed by atoms with E-state index < -0.39 is 12.1 Å². The van der Waals surface area contributed by atoms with Crippen LogP contribution in [0.5, 0.6) is 0 Å². The van der Waals surface area contributed by atoms with E-state index in [2.05, 4.69) is 10.6 Å². The van der Waals surface area contributed by atoms with Crippen molar-refractivity contribution in [3.63, 3.8) is 0 Å². The van der Waals surface area contributed by atoms with E-state index >= 15 is 0 Å². The number of nitrogens with zero attached hydrogens (tertiary/aromatic N) is 2. The maximum atomic E-state index is 13.3. The lowest BCUT2D eigenvalue weighted by Gasteiger charge is -2.31. The summed E-state index contributed by atoms with van der Waals surface area (Å²) in [5.74, 6) is -0.0606. The van der Waals surface area contributed by atoms with Gasteiger partial charge in [0.2, 0.25) is 5.91 Å². The molecule has 0 bridgehead atoms. The average Bonchev–Trinajstić information content (AvgIpc) is 3.00. The molecule has 0 saturated heterocycles. The monoisotopic (exact) mass is 398 g/mol. The minimum absolute atomic E-state index is 0.183. The Balaban J connectivity index is 1.92. The van der Waals surface area contributed by atoms with Gasteiger partial charge < -0.3 is 15.5 Å². The summed E-state index contributed by atoms with van der Waals surface area (Å²) in [6.45, 7) is 10.6. The quantitative estimate of drug-likeness (QED) is 0.798. The van der Waals surface area contributed by atoms with Crippen LogP contribution >= 0.6 is 0 Å². The summed E-state index contributed by atoms with van der Waals surface area (Å²) in [7, 11) is 1.66. The van der Waals surface area contributed by atoms with Crippen molar-refractivity contribution in [2.45, 2.75) is 46.7 Å². The molecule has 1 aromatic carbocycles. The lowest BCUT2D eigenvalue weighted by molar-refractivity contribution is -0.135. The van der Waals surface area contributed by atoms with Crippen LogP contribution in [0.15, 0.2) is 29.5 Å². The van der Waals surface area contributed by atoms with Gasteiger partial charge in [0.15, 0.2) is 0 Å². The van der Waals surface area contributed by atoms with Gasteiger partial charge in [-0.3, -0.25) is 14.5 Å². The lowest BCUT2D eigenvalue weighted by Crippen LogP contribution is -2.47. The highest BCUT2D eigenvalue weighted by Crippen LogP contribution is 2.37. The summed E-state index contributed by atoms with van der Waals surface area (Å²) >= 11 is 0. The molecule has 29 heavy (non-hydrogen) atoms. The van der Waals surface area contributed by atoms with Crippen molar-refractivity contribution >= 4 is 17.8 Å². The number of hydrogen-bond acceptors (Lipinski definition) is 3. The fourth-order valence-corrected chi connectivity index (χ4v) is 3.88. The molecule has 1 aromatic rings. The van der Waals surface area contributed by atoms with E-state index in [-0.39, 0.29) is 24.4 Å². The first-order valence-electron chi connectivity index (χ1n) is 10.0. The van der Waals surface area contributed by atoms with Crippen LogP contribution < -0.4 is 10.6 Å². The number of likely N-dealkylation sites (N-methyl/N-ethyl adjacent to an activating group) is 1. The number of nitrogens with one attached hydrogen (secondary N) is 2. The second kappa shape index (κ2) is 7.89. The zero-order valence-electron chi connectivity index (χ0n) is 18.0. The van der Waals surface area contributed by atoms with Crippen molar-refractivity contribution in [3.8, 4) is 0 Å². The summed E-state index contributed by atoms with van der Waals surface area (Å²) in [5, 5.41) is 5.85. The molecule has 0 radical (unpaired) electrons. The van der Waals surface area contributed by atoms with Gasteiger partial charge in [-0.25, -0.2) is 4.79 Å². The second-order valence-corrected chi connectivity index (χ2v) is 8.41. The molecule has 0 spiro atoms. The predicted octanol–water partition coefficient (Wildman–Crippen LogP) is 2.26. The summed E-state index contributed by atoms with van der Waals surface area (Å²) < 4.78 is 0. The first-order chi connectivity index (χ1) is 13.6. The van der Waals surface area contributed by atoms with Crippen LogP contribution in [-0.2, 0) is 9.59 Å². The van der Waals surface area contributed by atoms with Crippen molar-refractivity contribution in [3.05, 3.63) is 46.2 Å². The second-order valence-electron chi connectivity index (χ2n) is 8.41. The third-order valence-corrected chi connectivity index (χ3v) is 5.66. The maximum Gasteiger partial charge on any atom is 0.322 e. The summed E-state index contributed by atoms with van der Waals surface area (Å²) in [6, 6.07) is 4.60. The Hall–Kier alpha value is -2.83. The number of carbonyl (C=O) groups excluding carboxylic acids is 3. The number of rotatable bonds is 5. The van der Waals surface area contributed by atoms with Crippen molar-refractivity contribution < 1.29 is 14.4 Å². The molecule has 0 aliphatic carbocycles. The van der Waals surface area contributed by atoms with Crippen molar-refractivity contribution in [1.29, 1.82) is 0 Å². The molecule has 156 valence electrons. The van der Waals surface area contributed by atoms with Crippen LogP contribution in [0.4, 0.5) is 4.79 Å². The number of hydrogen-bond donors (Lipinski definition) is 2. The van der Waals surface area contributed by atoms with Gasteiger partial charge in [0.05, 0.1) is 23.9 Å². The summed E-state index contributed by atoms with van der Waals surface area (Å²) in [4.78, 5) is 41.5. The largest absolute Gasteiger partial charge is 0.354 e. The maximum absolute atomic E-state index is 13.3. The molecule has 7 nitrogen and oxygen atoms in total. The van der Waals surface area contributed by atoms with E-state index in [0.29, 0.717) is 23.7 Å². The molecule has 2 N–H and O–H groups in total. The number of urea groups is 1. The topological polar surface area (TPSA) is 81.8 Å². The van der Waals surface area contributed by atoms with E-state index in [1.54, 1.807) is 18.9 Å². The first-order valence-corrected chi connectivity index (χ1v) is 10.0.